The second-order valence-corrected chi connectivity index (χ2v) is 6.55. The first-order valence-corrected chi connectivity index (χ1v) is 8.79. The third-order valence-electron chi connectivity index (χ3n) is 3.84. The summed E-state index contributed by atoms with van der Waals surface area (Å²) in [7, 11) is 0. The van der Waals surface area contributed by atoms with Crippen molar-refractivity contribution in [3.05, 3.63) is 52.5 Å². The standard InChI is InChI=1S/C18H19Cl2N3O2/c19-13-9-14(20)11-15(10-13)22-18(24)12-21-16-3-1-2-4-17(16)23-5-7-25-8-6-23/h1-4,9-11,21H,5-8,12H2,(H,22,24). The molecule has 0 radical (unpaired) electrons. The maximum Gasteiger partial charge on any atom is 0.243 e. The average Bonchev–Trinajstić information content (AvgIpc) is 2.60. The molecule has 5 nitrogen and oxygen atoms in total. The van der Waals surface area contributed by atoms with Crippen LogP contribution in [-0.2, 0) is 9.53 Å². The van der Waals surface area contributed by atoms with Crippen molar-refractivity contribution < 1.29 is 9.53 Å². The summed E-state index contributed by atoms with van der Waals surface area (Å²) in [5.74, 6) is -0.171. The number of halogens is 2. The number of morpholine rings is 1. The SMILES string of the molecule is O=C(CNc1ccccc1N1CCOCC1)Nc1cc(Cl)cc(Cl)c1. The topological polar surface area (TPSA) is 53.6 Å². The van der Waals surface area contributed by atoms with Crippen LogP contribution in [-0.4, -0.2) is 38.8 Å². The molecule has 7 heteroatoms. The van der Waals surface area contributed by atoms with Crippen molar-refractivity contribution in [2.24, 2.45) is 0 Å². The molecule has 1 saturated heterocycles. The van der Waals surface area contributed by atoms with Gasteiger partial charge in [-0.05, 0) is 30.3 Å². The molecule has 0 unspecified atom stereocenters. The number of carbonyl (C=O) groups excluding carboxylic acids is 1. The molecule has 0 bridgehead atoms. The number of carbonyl (C=O) groups is 1. The highest BCUT2D eigenvalue weighted by molar-refractivity contribution is 6.35. The van der Waals surface area contributed by atoms with Crippen LogP contribution in [0.3, 0.4) is 0 Å². The Bertz CT molecular complexity index is 729. The first-order valence-electron chi connectivity index (χ1n) is 8.03. The van der Waals surface area contributed by atoms with E-state index in [0.717, 1.165) is 24.5 Å². The number of benzene rings is 2. The largest absolute Gasteiger partial charge is 0.378 e. The zero-order valence-electron chi connectivity index (χ0n) is 13.6. The molecule has 1 fully saturated rings. The van der Waals surface area contributed by atoms with Crippen LogP contribution in [0.1, 0.15) is 0 Å². The molecule has 0 aromatic heterocycles. The van der Waals surface area contributed by atoms with Crippen molar-refractivity contribution in [2.75, 3.05) is 48.4 Å². The molecule has 0 spiro atoms. The smallest absolute Gasteiger partial charge is 0.243 e. The molecule has 1 aliphatic rings. The zero-order valence-corrected chi connectivity index (χ0v) is 15.1. The van der Waals surface area contributed by atoms with Gasteiger partial charge in [0.05, 0.1) is 31.1 Å². The van der Waals surface area contributed by atoms with Gasteiger partial charge in [-0.1, -0.05) is 35.3 Å². The third-order valence-corrected chi connectivity index (χ3v) is 4.28. The van der Waals surface area contributed by atoms with E-state index in [1.54, 1.807) is 18.2 Å². The minimum absolute atomic E-state index is 0.144. The van der Waals surface area contributed by atoms with Crippen LogP contribution in [0.15, 0.2) is 42.5 Å². The lowest BCUT2D eigenvalue weighted by Crippen LogP contribution is -2.36. The number of para-hydroxylation sites is 2. The Morgan fingerprint density at radius 2 is 1.76 bits per heavy atom. The van der Waals surface area contributed by atoms with E-state index in [1.165, 1.54) is 0 Å². The molecular weight excluding hydrogens is 361 g/mol. The normalized spacial score (nSPS) is 14.2. The predicted molar refractivity (Wildman–Crippen MR) is 103 cm³/mol. The highest BCUT2D eigenvalue weighted by Crippen LogP contribution is 2.26. The Kier molecular flexibility index (Phi) is 6.02. The van der Waals surface area contributed by atoms with Crippen LogP contribution < -0.4 is 15.5 Å². The van der Waals surface area contributed by atoms with Crippen molar-refractivity contribution in [2.45, 2.75) is 0 Å². The summed E-state index contributed by atoms with van der Waals surface area (Å²) in [6, 6.07) is 12.9. The van der Waals surface area contributed by atoms with Crippen LogP contribution >= 0.6 is 23.2 Å². The van der Waals surface area contributed by atoms with Gasteiger partial charge in [0.15, 0.2) is 0 Å². The molecule has 0 atom stereocenters. The molecule has 25 heavy (non-hydrogen) atoms. The number of anilines is 3. The molecule has 0 saturated carbocycles. The maximum atomic E-state index is 12.2. The van der Waals surface area contributed by atoms with E-state index in [-0.39, 0.29) is 12.5 Å². The summed E-state index contributed by atoms with van der Waals surface area (Å²) in [6.45, 7) is 3.25. The van der Waals surface area contributed by atoms with Crippen molar-refractivity contribution in [1.82, 2.24) is 0 Å². The molecule has 132 valence electrons. The highest BCUT2D eigenvalue weighted by Gasteiger charge is 2.14. The minimum Gasteiger partial charge on any atom is -0.378 e. The van der Waals surface area contributed by atoms with E-state index in [1.807, 2.05) is 24.3 Å². The Labute approximate surface area is 156 Å². The van der Waals surface area contributed by atoms with E-state index >= 15 is 0 Å². The van der Waals surface area contributed by atoms with Gasteiger partial charge in [-0.3, -0.25) is 4.79 Å². The van der Waals surface area contributed by atoms with E-state index in [0.29, 0.717) is 28.9 Å². The number of rotatable bonds is 5. The van der Waals surface area contributed by atoms with Gasteiger partial charge in [0, 0.05) is 28.8 Å². The Balaban J connectivity index is 1.62. The third kappa shape index (κ3) is 5.01. The Morgan fingerprint density at radius 3 is 2.48 bits per heavy atom. The van der Waals surface area contributed by atoms with Crippen molar-refractivity contribution in [3.63, 3.8) is 0 Å². The molecular formula is C18H19Cl2N3O2. The van der Waals surface area contributed by atoms with Crippen molar-refractivity contribution in [3.8, 4) is 0 Å². The van der Waals surface area contributed by atoms with Crippen LogP contribution in [0.5, 0.6) is 0 Å². The van der Waals surface area contributed by atoms with Crippen molar-refractivity contribution >= 4 is 46.2 Å². The molecule has 2 N–H and O–H groups in total. The number of nitrogens with zero attached hydrogens (tertiary/aromatic N) is 1. The molecule has 2 aromatic carbocycles. The van der Waals surface area contributed by atoms with Gasteiger partial charge in [-0.25, -0.2) is 0 Å². The summed E-state index contributed by atoms with van der Waals surface area (Å²) in [6.07, 6.45) is 0. The van der Waals surface area contributed by atoms with E-state index in [2.05, 4.69) is 15.5 Å². The first kappa shape index (κ1) is 17.9. The Hall–Kier alpha value is -1.95. The van der Waals surface area contributed by atoms with Crippen LogP contribution in [0.2, 0.25) is 10.0 Å². The number of amides is 1. The fourth-order valence-electron chi connectivity index (χ4n) is 2.71. The summed E-state index contributed by atoms with van der Waals surface area (Å²) in [5, 5.41) is 6.95. The van der Waals surface area contributed by atoms with E-state index in [9.17, 15) is 4.79 Å². The Morgan fingerprint density at radius 1 is 1.08 bits per heavy atom. The fourth-order valence-corrected chi connectivity index (χ4v) is 3.24. The number of hydrogen-bond donors (Lipinski definition) is 2. The number of ether oxygens (including phenoxy) is 1. The second kappa shape index (κ2) is 8.43. The average molecular weight is 380 g/mol. The number of hydrogen-bond acceptors (Lipinski definition) is 4. The van der Waals surface area contributed by atoms with Gasteiger partial charge in [-0.2, -0.15) is 0 Å². The van der Waals surface area contributed by atoms with Gasteiger partial charge in [0.25, 0.3) is 0 Å². The van der Waals surface area contributed by atoms with Crippen LogP contribution in [0, 0.1) is 0 Å². The second-order valence-electron chi connectivity index (χ2n) is 5.68. The maximum absolute atomic E-state index is 12.2. The molecule has 1 amide bonds. The highest BCUT2D eigenvalue weighted by atomic mass is 35.5. The minimum atomic E-state index is -0.171. The molecule has 0 aliphatic carbocycles. The zero-order chi connectivity index (χ0) is 17.6. The summed E-state index contributed by atoms with van der Waals surface area (Å²) in [5.41, 5.74) is 2.57. The van der Waals surface area contributed by atoms with Gasteiger partial charge < -0.3 is 20.3 Å². The van der Waals surface area contributed by atoms with Crippen LogP contribution in [0.25, 0.3) is 0 Å². The fraction of sp³-hybridized carbons (Fsp3) is 0.278. The summed E-state index contributed by atoms with van der Waals surface area (Å²) in [4.78, 5) is 14.5. The predicted octanol–water partition coefficient (Wildman–Crippen LogP) is 3.88. The van der Waals surface area contributed by atoms with Gasteiger partial charge in [0.1, 0.15) is 0 Å². The van der Waals surface area contributed by atoms with Crippen LogP contribution in [0.4, 0.5) is 17.1 Å². The van der Waals surface area contributed by atoms with Crippen molar-refractivity contribution in [1.29, 1.82) is 0 Å². The first-order chi connectivity index (χ1) is 12.1. The lowest BCUT2D eigenvalue weighted by molar-refractivity contribution is -0.114. The molecule has 3 rings (SSSR count). The summed E-state index contributed by atoms with van der Waals surface area (Å²) < 4.78 is 5.40. The molecule has 2 aromatic rings. The van der Waals surface area contributed by atoms with E-state index in [4.69, 9.17) is 27.9 Å². The molecule has 1 heterocycles. The van der Waals surface area contributed by atoms with Gasteiger partial charge in [0.2, 0.25) is 5.91 Å². The van der Waals surface area contributed by atoms with Gasteiger partial charge >= 0.3 is 0 Å². The van der Waals surface area contributed by atoms with E-state index < -0.39 is 0 Å². The molecule has 1 aliphatic heterocycles. The lowest BCUT2D eigenvalue weighted by Gasteiger charge is -2.30. The summed E-state index contributed by atoms with van der Waals surface area (Å²) >= 11 is 11.9. The lowest BCUT2D eigenvalue weighted by atomic mass is 10.2. The van der Waals surface area contributed by atoms with Gasteiger partial charge in [-0.15, -0.1) is 0 Å². The number of nitrogens with one attached hydrogen (secondary N) is 2. The monoisotopic (exact) mass is 379 g/mol. The quantitative estimate of drug-likeness (QED) is 0.827.